The van der Waals surface area contributed by atoms with Gasteiger partial charge in [0.15, 0.2) is 0 Å². The van der Waals surface area contributed by atoms with E-state index in [0.717, 1.165) is 28.5 Å². The number of aromatic nitrogens is 1. The molecule has 0 saturated heterocycles. The average molecular weight is 308 g/mol. The van der Waals surface area contributed by atoms with Crippen LogP contribution in [0.3, 0.4) is 0 Å². The molecule has 1 aromatic heterocycles. The first-order valence-corrected chi connectivity index (χ1v) is 7.52. The van der Waals surface area contributed by atoms with Crippen LogP contribution in [0, 0.1) is 6.92 Å². The molecule has 0 amide bonds. The van der Waals surface area contributed by atoms with Crippen molar-refractivity contribution in [1.29, 1.82) is 0 Å². The Hall–Kier alpha value is -1.36. The standard InChI is InChI=1S/C16H22ClN3O/c1-4-15(18)16(12-6-5-7-13(17)9-12)20(3)10-14-8-11(2)21-19-14/h5-9,15-16H,4,10,18H2,1-3H3. The number of hydrogen-bond acceptors (Lipinski definition) is 4. The molecule has 114 valence electrons. The quantitative estimate of drug-likeness (QED) is 0.886. The highest BCUT2D eigenvalue weighted by Gasteiger charge is 2.24. The maximum Gasteiger partial charge on any atom is 0.133 e. The average Bonchev–Trinajstić information content (AvgIpc) is 2.84. The van der Waals surface area contributed by atoms with Gasteiger partial charge in [0, 0.05) is 23.7 Å². The van der Waals surface area contributed by atoms with Crippen LogP contribution in [0.5, 0.6) is 0 Å². The molecule has 2 aromatic rings. The fraction of sp³-hybridized carbons (Fsp3) is 0.438. The van der Waals surface area contributed by atoms with E-state index < -0.39 is 0 Å². The highest BCUT2D eigenvalue weighted by molar-refractivity contribution is 6.30. The molecule has 0 fully saturated rings. The molecule has 1 heterocycles. The van der Waals surface area contributed by atoms with E-state index in [2.05, 4.69) is 23.0 Å². The van der Waals surface area contributed by atoms with E-state index in [-0.39, 0.29) is 12.1 Å². The minimum atomic E-state index is 0.0291. The SMILES string of the molecule is CCC(N)C(c1cccc(Cl)c1)N(C)Cc1cc(C)on1. The molecule has 21 heavy (non-hydrogen) atoms. The topological polar surface area (TPSA) is 55.3 Å². The third-order valence-electron chi connectivity index (χ3n) is 3.63. The molecule has 1 aromatic carbocycles. The smallest absolute Gasteiger partial charge is 0.133 e. The molecule has 2 rings (SSSR count). The van der Waals surface area contributed by atoms with Gasteiger partial charge in [-0.05, 0) is 38.1 Å². The number of hydrogen-bond donors (Lipinski definition) is 1. The van der Waals surface area contributed by atoms with Crippen molar-refractivity contribution in [2.24, 2.45) is 5.73 Å². The highest BCUT2D eigenvalue weighted by atomic mass is 35.5. The Morgan fingerprint density at radius 2 is 2.14 bits per heavy atom. The van der Waals surface area contributed by atoms with Crippen LogP contribution in [0.2, 0.25) is 5.02 Å². The Bertz CT molecular complexity index is 584. The summed E-state index contributed by atoms with van der Waals surface area (Å²) in [6, 6.07) is 9.94. The fourth-order valence-electron chi connectivity index (χ4n) is 2.59. The third-order valence-corrected chi connectivity index (χ3v) is 3.87. The van der Waals surface area contributed by atoms with Crippen molar-refractivity contribution in [1.82, 2.24) is 10.1 Å². The molecule has 0 aliphatic rings. The Morgan fingerprint density at radius 3 is 2.71 bits per heavy atom. The fourth-order valence-corrected chi connectivity index (χ4v) is 2.79. The van der Waals surface area contributed by atoms with Crippen molar-refractivity contribution in [2.45, 2.75) is 38.9 Å². The first-order valence-electron chi connectivity index (χ1n) is 7.14. The lowest BCUT2D eigenvalue weighted by Crippen LogP contribution is -2.38. The predicted octanol–water partition coefficient (Wildman–Crippen LogP) is 3.55. The van der Waals surface area contributed by atoms with Crippen LogP contribution in [0.25, 0.3) is 0 Å². The summed E-state index contributed by atoms with van der Waals surface area (Å²) in [4.78, 5) is 2.19. The van der Waals surface area contributed by atoms with Crippen LogP contribution in [0.15, 0.2) is 34.9 Å². The molecule has 0 saturated carbocycles. The first-order chi connectivity index (χ1) is 10.0. The minimum Gasteiger partial charge on any atom is -0.361 e. The van der Waals surface area contributed by atoms with Crippen molar-refractivity contribution in [2.75, 3.05) is 7.05 Å². The summed E-state index contributed by atoms with van der Waals surface area (Å²) in [5, 5.41) is 4.78. The van der Waals surface area contributed by atoms with Crippen LogP contribution >= 0.6 is 11.6 Å². The summed E-state index contributed by atoms with van der Waals surface area (Å²) < 4.78 is 5.13. The molecule has 2 atom stereocenters. The lowest BCUT2D eigenvalue weighted by molar-refractivity contribution is 0.196. The molecule has 4 nitrogen and oxygen atoms in total. The van der Waals surface area contributed by atoms with Crippen LogP contribution in [-0.4, -0.2) is 23.1 Å². The Balaban J connectivity index is 2.23. The number of nitrogens with two attached hydrogens (primary N) is 1. The zero-order valence-electron chi connectivity index (χ0n) is 12.7. The maximum atomic E-state index is 6.33. The second-order valence-electron chi connectivity index (χ2n) is 5.42. The summed E-state index contributed by atoms with van der Waals surface area (Å²) >= 11 is 6.12. The summed E-state index contributed by atoms with van der Waals surface area (Å²) in [6.45, 7) is 4.67. The van der Waals surface area contributed by atoms with Crippen LogP contribution in [-0.2, 0) is 6.54 Å². The van der Waals surface area contributed by atoms with E-state index in [1.165, 1.54) is 0 Å². The lowest BCUT2D eigenvalue weighted by Gasteiger charge is -2.32. The molecule has 2 unspecified atom stereocenters. The van der Waals surface area contributed by atoms with Gasteiger partial charge in [0.25, 0.3) is 0 Å². The minimum absolute atomic E-state index is 0.0291. The number of aryl methyl sites for hydroxylation is 1. The summed E-state index contributed by atoms with van der Waals surface area (Å²) in [5.41, 5.74) is 8.36. The van der Waals surface area contributed by atoms with Crippen LogP contribution in [0.4, 0.5) is 0 Å². The zero-order chi connectivity index (χ0) is 15.4. The van der Waals surface area contributed by atoms with Gasteiger partial charge in [-0.25, -0.2) is 0 Å². The maximum absolute atomic E-state index is 6.33. The summed E-state index contributed by atoms with van der Waals surface area (Å²) in [6.07, 6.45) is 0.888. The number of rotatable bonds is 6. The lowest BCUT2D eigenvalue weighted by atomic mass is 9.96. The summed E-state index contributed by atoms with van der Waals surface area (Å²) in [5.74, 6) is 0.817. The van der Waals surface area contributed by atoms with Crippen molar-refractivity contribution < 1.29 is 4.52 Å². The number of likely N-dealkylation sites (N-methyl/N-ethyl adjacent to an activating group) is 1. The Labute approximate surface area is 130 Å². The van der Waals surface area contributed by atoms with E-state index in [9.17, 15) is 0 Å². The van der Waals surface area contributed by atoms with Crippen molar-refractivity contribution in [3.63, 3.8) is 0 Å². The second-order valence-corrected chi connectivity index (χ2v) is 5.85. The predicted molar refractivity (Wildman–Crippen MR) is 85.2 cm³/mol. The molecular formula is C16H22ClN3O. The Morgan fingerprint density at radius 1 is 1.38 bits per heavy atom. The van der Waals surface area contributed by atoms with Gasteiger partial charge in [-0.15, -0.1) is 0 Å². The first kappa shape index (κ1) is 16.0. The van der Waals surface area contributed by atoms with E-state index in [1.807, 2.05) is 38.2 Å². The van der Waals surface area contributed by atoms with Gasteiger partial charge in [-0.3, -0.25) is 4.90 Å². The van der Waals surface area contributed by atoms with Gasteiger partial charge in [0.1, 0.15) is 5.76 Å². The molecule has 0 radical (unpaired) electrons. The largest absolute Gasteiger partial charge is 0.361 e. The summed E-state index contributed by atoms with van der Waals surface area (Å²) in [7, 11) is 2.05. The van der Waals surface area contributed by atoms with Gasteiger partial charge >= 0.3 is 0 Å². The van der Waals surface area contributed by atoms with E-state index in [0.29, 0.717) is 6.54 Å². The molecule has 0 bridgehead atoms. The third kappa shape index (κ3) is 4.06. The monoisotopic (exact) mass is 307 g/mol. The molecular weight excluding hydrogens is 286 g/mol. The van der Waals surface area contributed by atoms with Gasteiger partial charge in [-0.2, -0.15) is 0 Å². The number of halogens is 1. The van der Waals surface area contributed by atoms with Gasteiger partial charge < -0.3 is 10.3 Å². The molecule has 5 heteroatoms. The van der Waals surface area contributed by atoms with Crippen LogP contribution in [0.1, 0.15) is 36.4 Å². The van der Waals surface area contributed by atoms with E-state index in [4.69, 9.17) is 21.9 Å². The van der Waals surface area contributed by atoms with Crippen LogP contribution < -0.4 is 5.73 Å². The van der Waals surface area contributed by atoms with Gasteiger partial charge in [0.05, 0.1) is 11.7 Å². The van der Waals surface area contributed by atoms with E-state index in [1.54, 1.807) is 0 Å². The van der Waals surface area contributed by atoms with Gasteiger partial charge in [0.2, 0.25) is 0 Å². The highest BCUT2D eigenvalue weighted by Crippen LogP contribution is 2.27. The number of nitrogens with zero attached hydrogens (tertiary/aromatic N) is 2. The number of benzene rings is 1. The Kier molecular flexibility index (Phi) is 5.39. The molecule has 0 aliphatic heterocycles. The van der Waals surface area contributed by atoms with Crippen molar-refractivity contribution in [3.05, 3.63) is 52.4 Å². The second kappa shape index (κ2) is 7.07. The molecule has 0 spiro atoms. The van der Waals surface area contributed by atoms with Crippen molar-refractivity contribution in [3.8, 4) is 0 Å². The molecule has 0 aliphatic carbocycles. The van der Waals surface area contributed by atoms with E-state index >= 15 is 0 Å². The zero-order valence-corrected chi connectivity index (χ0v) is 13.5. The van der Waals surface area contributed by atoms with Gasteiger partial charge in [-0.1, -0.05) is 35.8 Å². The van der Waals surface area contributed by atoms with Crippen molar-refractivity contribution >= 4 is 11.6 Å². The molecule has 2 N–H and O–H groups in total. The normalized spacial score (nSPS) is 14.4.